The minimum absolute atomic E-state index is 0. The molecule has 0 fully saturated rings. The Hall–Kier alpha value is -7.86. The number of methoxy groups -OCH3 is 2. The van der Waals surface area contributed by atoms with Gasteiger partial charge in [-0.2, -0.15) is 0 Å². The fraction of sp³-hybridized carbons (Fsp3) is 0.610. The molecule has 4 aliphatic rings. The third kappa shape index (κ3) is 28.2. The SMILES string of the molecule is C.C.C.C.CCC(=O)NCCOCCOCCOCCOCCOCCOCCOCCOCCC(=O)C[C@H](C(=O)N[C@@H](C)C(=O)Cc1ccc(COC(=O)N2c3cc(OCCCCCOc4cc5c(cc4OC)C(=O)N4C=C(C)C[C@H]4C=N5)c(OC)cc3C(=O)N3C=C(C)C[C@H]3[C@@H]2O)cc1)C(C)C. The second-order valence-electron chi connectivity index (χ2n) is 25.0. The Bertz CT molecular complexity index is 3250. The average Bonchev–Trinajstić information content (AvgIpc) is 1.59. The third-order valence-electron chi connectivity index (χ3n) is 17.0. The second-order valence-corrected chi connectivity index (χ2v) is 25.0. The van der Waals surface area contributed by atoms with E-state index in [1.165, 1.54) is 31.3 Å². The molecule has 0 unspecified atom stereocenters. The number of Topliss-reactive ketones (excluding diaryl/α,β-unsaturated/α-hetero) is 2. The van der Waals surface area contributed by atoms with Gasteiger partial charge in [-0.1, -0.05) is 85.9 Å². The van der Waals surface area contributed by atoms with Crippen molar-refractivity contribution in [1.82, 2.24) is 20.4 Å². The Morgan fingerprint density at radius 1 is 0.596 bits per heavy atom. The first-order valence-electron chi connectivity index (χ1n) is 34.6. The lowest BCUT2D eigenvalue weighted by atomic mass is 9.88. The number of nitrogens with one attached hydrogen (secondary N) is 2. The predicted molar refractivity (Wildman–Crippen MR) is 396 cm³/mol. The van der Waals surface area contributed by atoms with Crippen molar-refractivity contribution < 1.29 is 100 Å². The van der Waals surface area contributed by atoms with E-state index in [1.54, 1.807) is 67.6 Å². The van der Waals surface area contributed by atoms with Crippen molar-refractivity contribution in [3.63, 3.8) is 0 Å². The standard InChI is InChI=1S/C73H102N6O21.4CH4/c1-9-68(82)74-18-22-91-24-26-93-28-30-95-32-34-97-36-35-96-33-31-94-29-27-92-25-23-90-21-17-56(80)40-57(49(2)3)69(83)76-52(6)63(81)39-53-13-15-54(16-14-53)48-100-73(87)79-61-44-67(65(89-8)42-59(61)71(85)78-47-51(5)38-62(78)72(79)86)99-20-12-10-11-19-98-66-43-60-58(41-64(66)88-7)70(84)77-46-50(4)37-55(77)45-75-60;;;;/h13-16,41-47,49,52,55,57,62,72,86H,9-12,17-40,48H2,1-8H3,(H,74,82)(H,76,83);4*1H4/t52-,55-,57-,62-,72-;;;;/m0..../s1. The van der Waals surface area contributed by atoms with Crippen LogP contribution in [0.4, 0.5) is 16.2 Å². The number of amides is 5. The van der Waals surface area contributed by atoms with Gasteiger partial charge in [-0.15, -0.1) is 0 Å². The van der Waals surface area contributed by atoms with Crippen LogP contribution in [0.25, 0.3) is 0 Å². The molecule has 0 bridgehead atoms. The maximum absolute atomic E-state index is 14.3. The van der Waals surface area contributed by atoms with E-state index in [2.05, 4.69) is 15.6 Å². The van der Waals surface area contributed by atoms with E-state index in [4.69, 9.17) is 61.6 Å². The molecule has 0 saturated carbocycles. The summed E-state index contributed by atoms with van der Waals surface area (Å²) in [6, 6.07) is 11.5. The summed E-state index contributed by atoms with van der Waals surface area (Å²) in [4.78, 5) is 102. The van der Waals surface area contributed by atoms with Gasteiger partial charge in [0.05, 0.1) is 174 Å². The number of ether oxygens (including phenoxy) is 13. The predicted octanol–water partition coefficient (Wildman–Crippen LogP) is 10.2. The normalized spacial score (nSPS) is 16.1. The van der Waals surface area contributed by atoms with E-state index >= 15 is 0 Å². The summed E-state index contributed by atoms with van der Waals surface area (Å²) < 4.78 is 73.6. The summed E-state index contributed by atoms with van der Waals surface area (Å²) in [6.07, 6.45) is 6.47. The number of carbonyl (C=O) groups excluding carboxylic acids is 7. The molecular weight excluding hydrogens is 1340 g/mol. The van der Waals surface area contributed by atoms with Crippen LogP contribution in [-0.4, -0.2) is 226 Å². The highest BCUT2D eigenvalue weighted by Gasteiger charge is 2.45. The van der Waals surface area contributed by atoms with Gasteiger partial charge in [-0.25, -0.2) is 9.69 Å². The third-order valence-corrected chi connectivity index (χ3v) is 17.0. The number of rotatable bonds is 48. The highest BCUT2D eigenvalue weighted by Crippen LogP contribution is 2.43. The number of nitrogens with zero attached hydrogens (tertiary/aromatic N) is 4. The first-order chi connectivity index (χ1) is 48.4. The monoisotopic (exact) mass is 1460 g/mol. The maximum Gasteiger partial charge on any atom is 0.416 e. The van der Waals surface area contributed by atoms with Crippen LogP contribution in [0.2, 0.25) is 0 Å². The van der Waals surface area contributed by atoms with Crippen molar-refractivity contribution in [1.29, 1.82) is 0 Å². The lowest BCUT2D eigenvalue weighted by Gasteiger charge is -2.31. The quantitative estimate of drug-likeness (QED) is 0.0443. The summed E-state index contributed by atoms with van der Waals surface area (Å²) in [7, 11) is 2.98. The van der Waals surface area contributed by atoms with Gasteiger partial charge < -0.3 is 87.1 Å². The Morgan fingerprint density at radius 2 is 1.09 bits per heavy atom. The van der Waals surface area contributed by atoms with E-state index in [-0.39, 0.29) is 133 Å². The molecule has 5 amide bonds. The number of ketones is 2. The largest absolute Gasteiger partial charge is 0.493 e. The van der Waals surface area contributed by atoms with Crippen molar-refractivity contribution in [2.45, 2.75) is 160 Å². The smallest absolute Gasteiger partial charge is 0.416 e. The molecule has 3 aromatic carbocycles. The average molecular weight is 1460 g/mol. The van der Waals surface area contributed by atoms with Crippen molar-refractivity contribution in [2.24, 2.45) is 16.8 Å². The van der Waals surface area contributed by atoms with Gasteiger partial charge >= 0.3 is 6.09 Å². The summed E-state index contributed by atoms with van der Waals surface area (Å²) >= 11 is 0. The Balaban J connectivity index is 0.00000702. The lowest BCUT2D eigenvalue weighted by molar-refractivity contribution is -0.133. The zero-order chi connectivity index (χ0) is 71.8. The Kier molecular flexibility index (Phi) is 42.0. The molecular formula is C77H118N6O21. The summed E-state index contributed by atoms with van der Waals surface area (Å²) in [5.74, 6) is -0.794. The van der Waals surface area contributed by atoms with E-state index in [0.717, 1.165) is 22.5 Å². The molecule has 582 valence electrons. The maximum atomic E-state index is 14.3. The molecule has 3 N–H and O–H groups in total. The zero-order valence-corrected chi connectivity index (χ0v) is 59.2. The molecule has 104 heavy (non-hydrogen) atoms. The summed E-state index contributed by atoms with van der Waals surface area (Å²) in [5, 5.41) is 17.5. The molecule has 4 heterocycles. The molecule has 0 saturated heterocycles. The van der Waals surface area contributed by atoms with Crippen LogP contribution in [0.3, 0.4) is 0 Å². The highest BCUT2D eigenvalue weighted by molar-refractivity contribution is 6.07. The lowest BCUT2D eigenvalue weighted by Crippen LogP contribution is -2.50. The Labute approximate surface area is 615 Å². The van der Waals surface area contributed by atoms with Crippen LogP contribution in [-0.2, 0) is 74.8 Å². The number of unbranched alkanes of at least 4 members (excludes halogenated alkanes) is 2. The molecule has 0 spiro atoms. The van der Waals surface area contributed by atoms with Crippen molar-refractivity contribution in [3.8, 4) is 23.0 Å². The van der Waals surface area contributed by atoms with Gasteiger partial charge in [0.25, 0.3) is 11.8 Å². The van der Waals surface area contributed by atoms with Crippen LogP contribution in [0.15, 0.2) is 77.1 Å². The van der Waals surface area contributed by atoms with Crippen LogP contribution in [0.5, 0.6) is 23.0 Å². The molecule has 7 rings (SSSR count). The number of hydrogen-bond donors (Lipinski definition) is 3. The van der Waals surface area contributed by atoms with Gasteiger partial charge in [0, 0.05) is 68.9 Å². The fourth-order valence-corrected chi connectivity index (χ4v) is 11.3. The van der Waals surface area contributed by atoms with Crippen molar-refractivity contribution in [2.75, 3.05) is 145 Å². The number of hydrogen-bond acceptors (Lipinski definition) is 22. The molecule has 4 aliphatic heterocycles. The first kappa shape index (κ1) is 90.4. The van der Waals surface area contributed by atoms with Crippen LogP contribution >= 0.6 is 0 Å². The van der Waals surface area contributed by atoms with Crippen molar-refractivity contribution in [3.05, 3.63) is 94.3 Å². The number of fused-ring (bicyclic) bond motifs is 4. The minimum Gasteiger partial charge on any atom is -0.493 e. The number of aliphatic imine (C=N–C) groups is 1. The van der Waals surface area contributed by atoms with E-state index in [9.17, 15) is 38.7 Å². The topological polar surface area (TPSA) is 306 Å². The fourth-order valence-electron chi connectivity index (χ4n) is 11.3. The minimum atomic E-state index is -1.51. The van der Waals surface area contributed by atoms with Gasteiger partial charge in [-0.05, 0) is 82.1 Å². The van der Waals surface area contributed by atoms with E-state index < -0.39 is 42.1 Å². The van der Waals surface area contributed by atoms with Crippen LogP contribution in [0, 0.1) is 11.8 Å². The second kappa shape index (κ2) is 48.3. The van der Waals surface area contributed by atoms with E-state index in [1.807, 2.05) is 33.9 Å². The first-order valence-corrected chi connectivity index (χ1v) is 34.6. The highest BCUT2D eigenvalue weighted by atomic mass is 16.6. The molecule has 27 heteroatoms. The molecule has 3 aromatic rings. The number of aliphatic hydroxyl groups excluding tert-OH is 1. The van der Waals surface area contributed by atoms with Gasteiger partial charge in [0.2, 0.25) is 11.8 Å². The Morgan fingerprint density at radius 3 is 1.62 bits per heavy atom. The zero-order valence-electron chi connectivity index (χ0n) is 59.2. The van der Waals surface area contributed by atoms with Gasteiger partial charge in [0.1, 0.15) is 12.4 Å². The number of carbonyl (C=O) groups is 7. The number of aliphatic hydroxyl groups is 1. The summed E-state index contributed by atoms with van der Waals surface area (Å²) in [6.45, 7) is 18.2. The molecule has 0 aliphatic carbocycles. The summed E-state index contributed by atoms with van der Waals surface area (Å²) in [5.41, 5.74) is 4.30. The van der Waals surface area contributed by atoms with Crippen LogP contribution in [0.1, 0.15) is 154 Å². The van der Waals surface area contributed by atoms with E-state index in [0.29, 0.717) is 172 Å². The van der Waals surface area contributed by atoms with Crippen molar-refractivity contribution >= 4 is 58.9 Å². The number of benzene rings is 3. The molecule has 5 atom stereocenters. The molecule has 0 radical (unpaired) electrons. The van der Waals surface area contributed by atoms with Crippen LogP contribution < -0.4 is 34.5 Å². The van der Waals surface area contributed by atoms with Gasteiger partial charge in [0.15, 0.2) is 35.0 Å². The molecule has 27 nitrogen and oxygen atoms in total. The number of anilines is 1. The van der Waals surface area contributed by atoms with Gasteiger partial charge in [-0.3, -0.25) is 33.8 Å². The molecule has 0 aromatic heterocycles.